The minimum absolute atomic E-state index is 0.0272. The van der Waals surface area contributed by atoms with Gasteiger partial charge in [-0.3, -0.25) is 4.79 Å². The zero-order valence-electron chi connectivity index (χ0n) is 11.2. The molecule has 0 saturated carbocycles. The number of benzene rings is 1. The van der Waals surface area contributed by atoms with Crippen LogP contribution in [-0.2, 0) is 4.74 Å². The maximum atomic E-state index is 12.1. The number of hydrogen-bond acceptors (Lipinski definition) is 7. The van der Waals surface area contributed by atoms with Crippen LogP contribution in [-0.4, -0.2) is 68.4 Å². The lowest BCUT2D eigenvalue weighted by Gasteiger charge is -2.39. The molecule has 5 N–H and O–H groups in total. The molecule has 1 aromatic rings. The molecule has 2 rings (SSSR count). The minimum atomic E-state index is -1.49. The Labute approximate surface area is 121 Å². The van der Waals surface area contributed by atoms with Crippen molar-refractivity contribution in [3.05, 3.63) is 29.8 Å². The molecule has 1 fully saturated rings. The molecule has 5 atom stereocenters. The van der Waals surface area contributed by atoms with Crippen molar-refractivity contribution in [1.29, 1.82) is 0 Å². The number of Topliss-reactive ketones (excluding diaryl/α,β-unsaturated/α-hetero) is 1. The maximum Gasteiger partial charge on any atom is 0.165 e. The van der Waals surface area contributed by atoms with Crippen molar-refractivity contribution < 1.29 is 35.1 Å². The maximum absolute atomic E-state index is 12.1. The first-order valence-electron chi connectivity index (χ1n) is 6.56. The van der Waals surface area contributed by atoms with Crippen LogP contribution >= 0.6 is 0 Å². The third-order valence-corrected chi connectivity index (χ3v) is 3.57. The van der Waals surface area contributed by atoms with Gasteiger partial charge in [0.25, 0.3) is 0 Å². The molecule has 116 valence electrons. The monoisotopic (exact) mass is 298 g/mol. The van der Waals surface area contributed by atoms with Crippen molar-refractivity contribution in [3.63, 3.8) is 0 Å². The summed E-state index contributed by atoms with van der Waals surface area (Å²) in [6, 6.07) is 5.59. The average molecular weight is 298 g/mol. The Morgan fingerprint density at radius 1 is 1.00 bits per heavy atom. The molecule has 21 heavy (non-hydrogen) atoms. The van der Waals surface area contributed by atoms with Gasteiger partial charge in [-0.15, -0.1) is 0 Å². The lowest BCUT2D eigenvalue weighted by molar-refractivity contribution is -0.227. The summed E-state index contributed by atoms with van der Waals surface area (Å²) in [5.74, 6) is -0.321. The molecule has 1 aliphatic heterocycles. The fourth-order valence-electron chi connectivity index (χ4n) is 2.30. The van der Waals surface area contributed by atoms with Gasteiger partial charge < -0.3 is 30.3 Å². The van der Waals surface area contributed by atoms with Crippen LogP contribution in [0.3, 0.4) is 0 Å². The van der Waals surface area contributed by atoms with Gasteiger partial charge in [-0.25, -0.2) is 0 Å². The van der Waals surface area contributed by atoms with Gasteiger partial charge in [-0.1, -0.05) is 0 Å². The highest BCUT2D eigenvalue weighted by atomic mass is 16.5. The highest BCUT2D eigenvalue weighted by molar-refractivity contribution is 5.96. The van der Waals surface area contributed by atoms with E-state index in [0.29, 0.717) is 5.56 Å². The molecule has 7 heteroatoms. The van der Waals surface area contributed by atoms with E-state index >= 15 is 0 Å². The number of ether oxygens (including phenoxy) is 1. The molecule has 0 amide bonds. The van der Waals surface area contributed by atoms with Gasteiger partial charge in [0, 0.05) is 12.0 Å². The Bertz CT molecular complexity index is 485. The number of carbonyl (C=O) groups is 1. The van der Waals surface area contributed by atoms with E-state index in [1.807, 2.05) is 0 Å². The minimum Gasteiger partial charge on any atom is -0.508 e. The molecule has 0 aliphatic carbocycles. The van der Waals surface area contributed by atoms with Crippen molar-refractivity contribution in [1.82, 2.24) is 0 Å². The summed E-state index contributed by atoms with van der Waals surface area (Å²) < 4.78 is 5.27. The number of aliphatic hydroxyl groups excluding tert-OH is 4. The van der Waals surface area contributed by atoms with E-state index in [9.17, 15) is 20.1 Å². The second kappa shape index (κ2) is 6.50. The third-order valence-electron chi connectivity index (χ3n) is 3.57. The lowest BCUT2D eigenvalue weighted by Crippen LogP contribution is -2.58. The Kier molecular flexibility index (Phi) is 4.92. The Hall–Kier alpha value is -1.51. The number of carbonyl (C=O) groups excluding carboxylic acids is 1. The van der Waals surface area contributed by atoms with Gasteiger partial charge in [-0.2, -0.15) is 0 Å². The van der Waals surface area contributed by atoms with E-state index in [1.165, 1.54) is 24.3 Å². The van der Waals surface area contributed by atoms with E-state index in [1.54, 1.807) is 0 Å². The Morgan fingerprint density at radius 2 is 1.57 bits per heavy atom. The molecule has 1 saturated heterocycles. The number of aromatic hydroxyl groups is 1. The van der Waals surface area contributed by atoms with Gasteiger partial charge in [-0.05, 0) is 24.3 Å². The summed E-state index contributed by atoms with van der Waals surface area (Å²) in [4.78, 5) is 12.1. The quantitative estimate of drug-likeness (QED) is 0.442. The third kappa shape index (κ3) is 3.39. The van der Waals surface area contributed by atoms with Crippen molar-refractivity contribution in [2.24, 2.45) is 0 Å². The molecule has 0 aromatic heterocycles. The number of hydrogen-bond donors (Lipinski definition) is 5. The fourth-order valence-corrected chi connectivity index (χ4v) is 2.30. The van der Waals surface area contributed by atoms with Gasteiger partial charge >= 0.3 is 0 Å². The van der Waals surface area contributed by atoms with Crippen molar-refractivity contribution >= 4 is 5.78 Å². The first kappa shape index (κ1) is 15.9. The topological polar surface area (TPSA) is 127 Å². The van der Waals surface area contributed by atoms with Crippen molar-refractivity contribution in [3.8, 4) is 5.75 Å². The Morgan fingerprint density at radius 3 is 2.14 bits per heavy atom. The summed E-state index contributed by atoms with van der Waals surface area (Å²) in [6.45, 7) is -0.533. The summed E-state index contributed by atoms with van der Waals surface area (Å²) in [6.07, 6.45) is -6.63. The zero-order chi connectivity index (χ0) is 15.6. The predicted molar refractivity (Wildman–Crippen MR) is 70.8 cm³/mol. The van der Waals surface area contributed by atoms with Crippen molar-refractivity contribution in [2.75, 3.05) is 6.61 Å². The molecular formula is C14H18O7. The fraction of sp³-hybridized carbons (Fsp3) is 0.500. The SMILES string of the molecule is O=C(C[C@H]1O[C@H](CO)[C@H](O)[C@H](O)[C@H]1O)c1ccc(O)cc1. The van der Waals surface area contributed by atoms with Crippen LogP contribution in [0.25, 0.3) is 0 Å². The van der Waals surface area contributed by atoms with Crippen LogP contribution in [0.5, 0.6) is 5.75 Å². The van der Waals surface area contributed by atoms with Crippen LogP contribution in [0, 0.1) is 0 Å². The molecule has 0 radical (unpaired) electrons. The summed E-state index contributed by atoms with van der Waals surface area (Å²) in [5, 5.41) is 47.4. The van der Waals surface area contributed by atoms with Crippen LogP contribution in [0.1, 0.15) is 16.8 Å². The van der Waals surface area contributed by atoms with Crippen LogP contribution in [0.4, 0.5) is 0 Å². The van der Waals surface area contributed by atoms with E-state index in [0.717, 1.165) is 0 Å². The van der Waals surface area contributed by atoms with E-state index in [2.05, 4.69) is 0 Å². The second-order valence-corrected chi connectivity index (χ2v) is 5.04. The number of phenolic OH excluding ortho intramolecular Hbond substituents is 1. The predicted octanol–water partition coefficient (Wildman–Crippen LogP) is -1.19. The van der Waals surface area contributed by atoms with Gasteiger partial charge in [0.1, 0.15) is 30.2 Å². The normalized spacial score (nSPS) is 32.9. The molecule has 0 spiro atoms. The number of phenols is 1. The van der Waals surface area contributed by atoms with Gasteiger partial charge in [0.15, 0.2) is 5.78 Å². The Balaban J connectivity index is 2.07. The molecule has 0 unspecified atom stereocenters. The average Bonchev–Trinajstić information content (AvgIpc) is 2.48. The zero-order valence-corrected chi connectivity index (χ0v) is 11.2. The summed E-state index contributed by atoms with van der Waals surface area (Å²) in [7, 11) is 0. The standard InChI is InChI=1S/C14H18O7/c15-6-11-13(19)14(20)12(18)10(21-11)5-9(17)7-1-3-8(16)4-2-7/h1-4,10-16,18-20H,5-6H2/t10-,11-,12+,13+,14-/m1/s1. The largest absolute Gasteiger partial charge is 0.508 e. The lowest BCUT2D eigenvalue weighted by atomic mass is 9.91. The smallest absolute Gasteiger partial charge is 0.165 e. The molecule has 1 aliphatic rings. The second-order valence-electron chi connectivity index (χ2n) is 5.04. The van der Waals surface area contributed by atoms with Gasteiger partial charge in [0.05, 0.1) is 12.7 Å². The number of aliphatic hydroxyl groups is 4. The highest BCUT2D eigenvalue weighted by Crippen LogP contribution is 2.24. The number of rotatable bonds is 4. The number of ketones is 1. The van der Waals surface area contributed by atoms with Crippen LogP contribution < -0.4 is 0 Å². The van der Waals surface area contributed by atoms with E-state index in [4.69, 9.17) is 14.9 Å². The van der Waals surface area contributed by atoms with Crippen LogP contribution in [0.2, 0.25) is 0 Å². The molecule has 1 aromatic carbocycles. The molecular weight excluding hydrogens is 280 g/mol. The van der Waals surface area contributed by atoms with E-state index in [-0.39, 0.29) is 18.0 Å². The molecule has 1 heterocycles. The summed E-state index contributed by atoms with van der Waals surface area (Å²) >= 11 is 0. The first-order valence-corrected chi connectivity index (χ1v) is 6.56. The van der Waals surface area contributed by atoms with Crippen LogP contribution in [0.15, 0.2) is 24.3 Å². The highest BCUT2D eigenvalue weighted by Gasteiger charge is 2.43. The van der Waals surface area contributed by atoms with Crippen molar-refractivity contribution in [2.45, 2.75) is 36.9 Å². The first-order chi connectivity index (χ1) is 9.93. The molecule has 0 bridgehead atoms. The van der Waals surface area contributed by atoms with Gasteiger partial charge in [0.2, 0.25) is 0 Å². The molecule has 7 nitrogen and oxygen atoms in total. The summed E-state index contributed by atoms with van der Waals surface area (Å²) in [5.41, 5.74) is 0.324. The van der Waals surface area contributed by atoms with E-state index < -0.39 is 37.1 Å².